The quantitative estimate of drug-likeness (QED) is 0.658. The van der Waals surface area contributed by atoms with E-state index < -0.39 is 0 Å². The van der Waals surface area contributed by atoms with Gasteiger partial charge in [0.25, 0.3) is 5.91 Å². The molecule has 3 rings (SSSR count). The SMILES string of the molecule is Cc1ccc(-c2csc(NC(=O)CNC(=O)COc3ccccc3)n2)cc1. The van der Waals surface area contributed by atoms with Crippen LogP contribution in [0.15, 0.2) is 60.0 Å². The molecule has 27 heavy (non-hydrogen) atoms. The van der Waals surface area contributed by atoms with Gasteiger partial charge in [-0.3, -0.25) is 9.59 Å². The molecule has 0 spiro atoms. The number of amides is 2. The van der Waals surface area contributed by atoms with E-state index in [0.29, 0.717) is 10.9 Å². The third kappa shape index (κ3) is 5.65. The highest BCUT2D eigenvalue weighted by Crippen LogP contribution is 2.24. The van der Waals surface area contributed by atoms with Crippen LogP contribution in [0, 0.1) is 6.92 Å². The lowest BCUT2D eigenvalue weighted by Crippen LogP contribution is -2.35. The van der Waals surface area contributed by atoms with Gasteiger partial charge in [-0.15, -0.1) is 11.3 Å². The summed E-state index contributed by atoms with van der Waals surface area (Å²) in [5.74, 6) is -0.107. The smallest absolute Gasteiger partial charge is 0.258 e. The van der Waals surface area contributed by atoms with Gasteiger partial charge in [0.2, 0.25) is 5.91 Å². The number of thiazole rings is 1. The van der Waals surface area contributed by atoms with Gasteiger partial charge in [-0.1, -0.05) is 48.0 Å². The highest BCUT2D eigenvalue weighted by atomic mass is 32.1. The zero-order valence-corrected chi connectivity index (χ0v) is 15.6. The maximum atomic E-state index is 12.0. The van der Waals surface area contributed by atoms with Crippen molar-refractivity contribution in [3.05, 3.63) is 65.5 Å². The van der Waals surface area contributed by atoms with Crippen molar-refractivity contribution in [3.8, 4) is 17.0 Å². The topological polar surface area (TPSA) is 80.3 Å². The number of benzene rings is 2. The minimum atomic E-state index is -0.367. The van der Waals surface area contributed by atoms with E-state index in [-0.39, 0.29) is 25.0 Å². The number of aromatic nitrogens is 1. The average molecular weight is 381 g/mol. The van der Waals surface area contributed by atoms with Crippen LogP contribution in [0.4, 0.5) is 5.13 Å². The number of aryl methyl sites for hydroxylation is 1. The maximum Gasteiger partial charge on any atom is 0.258 e. The Hall–Kier alpha value is -3.19. The molecule has 2 aromatic carbocycles. The fourth-order valence-electron chi connectivity index (χ4n) is 2.25. The molecule has 3 aromatic rings. The average Bonchev–Trinajstić information content (AvgIpc) is 3.14. The molecule has 0 unspecified atom stereocenters. The molecule has 0 atom stereocenters. The standard InChI is InChI=1S/C20H19N3O3S/c1-14-7-9-15(10-8-14)17-13-27-20(22-17)23-18(24)11-21-19(25)12-26-16-5-3-2-4-6-16/h2-10,13H,11-12H2,1H3,(H,21,25)(H,22,23,24). The van der Waals surface area contributed by atoms with Crippen molar-refractivity contribution in [1.29, 1.82) is 0 Å². The molecule has 6 nitrogen and oxygen atoms in total. The van der Waals surface area contributed by atoms with Crippen LogP contribution in [0.1, 0.15) is 5.56 Å². The third-order valence-corrected chi connectivity index (χ3v) is 4.41. The lowest BCUT2D eigenvalue weighted by molar-refractivity contribution is -0.125. The van der Waals surface area contributed by atoms with Crippen LogP contribution in [0.2, 0.25) is 0 Å². The van der Waals surface area contributed by atoms with E-state index in [9.17, 15) is 9.59 Å². The van der Waals surface area contributed by atoms with Crippen molar-refractivity contribution in [2.45, 2.75) is 6.92 Å². The van der Waals surface area contributed by atoms with Gasteiger partial charge in [0, 0.05) is 10.9 Å². The zero-order valence-electron chi connectivity index (χ0n) is 14.8. The molecule has 0 aliphatic rings. The molecule has 0 aliphatic heterocycles. The van der Waals surface area contributed by atoms with Crippen molar-refractivity contribution in [2.75, 3.05) is 18.5 Å². The maximum absolute atomic E-state index is 12.0. The molecule has 0 radical (unpaired) electrons. The molecule has 2 amide bonds. The third-order valence-electron chi connectivity index (χ3n) is 3.66. The molecular weight excluding hydrogens is 362 g/mol. The summed E-state index contributed by atoms with van der Waals surface area (Å²) in [7, 11) is 0. The van der Waals surface area contributed by atoms with Gasteiger partial charge in [-0.05, 0) is 19.1 Å². The zero-order chi connectivity index (χ0) is 19.1. The Morgan fingerprint density at radius 1 is 1.04 bits per heavy atom. The highest BCUT2D eigenvalue weighted by Gasteiger charge is 2.10. The van der Waals surface area contributed by atoms with Crippen molar-refractivity contribution in [3.63, 3.8) is 0 Å². The van der Waals surface area contributed by atoms with Crippen LogP contribution in [0.5, 0.6) is 5.75 Å². The van der Waals surface area contributed by atoms with Gasteiger partial charge < -0.3 is 15.4 Å². The number of hydrogen-bond acceptors (Lipinski definition) is 5. The van der Waals surface area contributed by atoms with Crippen molar-refractivity contribution in [2.24, 2.45) is 0 Å². The van der Waals surface area contributed by atoms with Gasteiger partial charge in [0.05, 0.1) is 12.2 Å². The molecule has 7 heteroatoms. The summed E-state index contributed by atoms with van der Waals surface area (Å²) in [5.41, 5.74) is 2.97. The summed E-state index contributed by atoms with van der Waals surface area (Å²) in [6.45, 7) is 1.73. The van der Waals surface area contributed by atoms with E-state index >= 15 is 0 Å². The van der Waals surface area contributed by atoms with E-state index in [1.165, 1.54) is 16.9 Å². The molecule has 1 heterocycles. The lowest BCUT2D eigenvalue weighted by atomic mass is 10.1. The number of ether oxygens (including phenoxy) is 1. The van der Waals surface area contributed by atoms with E-state index in [1.54, 1.807) is 12.1 Å². The van der Waals surface area contributed by atoms with Crippen molar-refractivity contribution in [1.82, 2.24) is 10.3 Å². The Morgan fingerprint density at radius 2 is 1.78 bits per heavy atom. The van der Waals surface area contributed by atoms with Crippen LogP contribution < -0.4 is 15.4 Å². The summed E-state index contributed by atoms with van der Waals surface area (Å²) in [6, 6.07) is 17.0. The molecule has 0 saturated carbocycles. The molecule has 1 aromatic heterocycles. The number of nitrogens with zero attached hydrogens (tertiary/aromatic N) is 1. The predicted octanol–water partition coefficient (Wildman–Crippen LogP) is 3.25. The minimum absolute atomic E-state index is 0.142. The van der Waals surface area contributed by atoms with E-state index in [2.05, 4.69) is 15.6 Å². The van der Waals surface area contributed by atoms with Gasteiger partial charge in [0.1, 0.15) is 5.75 Å². The Labute approximate surface area is 161 Å². The van der Waals surface area contributed by atoms with Gasteiger partial charge in [0.15, 0.2) is 11.7 Å². The van der Waals surface area contributed by atoms with Gasteiger partial charge >= 0.3 is 0 Å². The second-order valence-electron chi connectivity index (χ2n) is 5.83. The van der Waals surface area contributed by atoms with Crippen LogP contribution in [0.3, 0.4) is 0 Å². The number of rotatable bonds is 7. The fraction of sp³-hybridized carbons (Fsp3) is 0.150. The van der Waals surface area contributed by atoms with E-state index in [1.807, 2.05) is 54.8 Å². The van der Waals surface area contributed by atoms with Crippen LogP contribution in [-0.4, -0.2) is 29.9 Å². The Morgan fingerprint density at radius 3 is 2.52 bits per heavy atom. The number of anilines is 1. The predicted molar refractivity (Wildman–Crippen MR) is 106 cm³/mol. The molecule has 0 fully saturated rings. The number of carbonyl (C=O) groups is 2. The Bertz CT molecular complexity index is 908. The summed E-state index contributed by atoms with van der Waals surface area (Å²) in [6.07, 6.45) is 0. The van der Waals surface area contributed by atoms with E-state index in [0.717, 1.165) is 11.3 Å². The molecule has 0 aliphatic carbocycles. The van der Waals surface area contributed by atoms with Crippen LogP contribution >= 0.6 is 11.3 Å². The first kappa shape index (κ1) is 18.6. The van der Waals surface area contributed by atoms with Crippen LogP contribution in [0.25, 0.3) is 11.3 Å². The summed E-state index contributed by atoms with van der Waals surface area (Å²) >= 11 is 1.34. The lowest BCUT2D eigenvalue weighted by Gasteiger charge is -2.07. The van der Waals surface area contributed by atoms with Gasteiger partial charge in [-0.2, -0.15) is 0 Å². The molecule has 0 saturated heterocycles. The number of carbonyl (C=O) groups excluding carboxylic acids is 2. The molecule has 0 bridgehead atoms. The normalized spacial score (nSPS) is 10.3. The molecule has 2 N–H and O–H groups in total. The Kier molecular flexibility index (Phi) is 6.17. The largest absolute Gasteiger partial charge is 0.484 e. The summed E-state index contributed by atoms with van der Waals surface area (Å²) in [5, 5.41) is 7.58. The monoisotopic (exact) mass is 381 g/mol. The van der Waals surface area contributed by atoms with E-state index in [4.69, 9.17) is 4.74 Å². The van der Waals surface area contributed by atoms with Crippen LogP contribution in [-0.2, 0) is 9.59 Å². The van der Waals surface area contributed by atoms with Crippen molar-refractivity contribution >= 4 is 28.3 Å². The summed E-state index contributed by atoms with van der Waals surface area (Å²) < 4.78 is 5.33. The first-order valence-corrected chi connectivity index (χ1v) is 9.25. The minimum Gasteiger partial charge on any atom is -0.484 e. The summed E-state index contributed by atoms with van der Waals surface area (Å²) in [4.78, 5) is 28.1. The number of hydrogen-bond donors (Lipinski definition) is 2. The highest BCUT2D eigenvalue weighted by molar-refractivity contribution is 7.14. The number of para-hydroxylation sites is 1. The number of nitrogens with one attached hydrogen (secondary N) is 2. The second kappa shape index (κ2) is 8.95. The first-order chi connectivity index (χ1) is 13.1. The Balaban J connectivity index is 1.44. The second-order valence-corrected chi connectivity index (χ2v) is 6.69. The fourth-order valence-corrected chi connectivity index (χ4v) is 2.98. The molecule has 138 valence electrons. The molecular formula is C20H19N3O3S. The van der Waals surface area contributed by atoms with Gasteiger partial charge in [-0.25, -0.2) is 4.98 Å². The van der Waals surface area contributed by atoms with Crippen molar-refractivity contribution < 1.29 is 14.3 Å². The first-order valence-electron chi connectivity index (χ1n) is 8.37.